The first-order valence-corrected chi connectivity index (χ1v) is 7.55. The summed E-state index contributed by atoms with van der Waals surface area (Å²) in [5.74, 6) is 0.476. The summed E-state index contributed by atoms with van der Waals surface area (Å²) in [4.78, 5) is 2.52. The van der Waals surface area contributed by atoms with E-state index in [2.05, 4.69) is 25.7 Å². The van der Waals surface area contributed by atoms with E-state index in [0.717, 1.165) is 45.5 Å². The molecule has 0 radical (unpaired) electrons. The predicted molar refractivity (Wildman–Crippen MR) is 73.6 cm³/mol. The molecule has 2 rings (SSSR count). The molecule has 2 atom stereocenters. The summed E-state index contributed by atoms with van der Waals surface area (Å²) in [6, 6.07) is 0. The van der Waals surface area contributed by atoms with E-state index >= 15 is 0 Å². The Bertz CT molecular complexity index is 259. The van der Waals surface area contributed by atoms with Crippen LogP contribution in [0.3, 0.4) is 0 Å². The second kappa shape index (κ2) is 5.89. The van der Waals surface area contributed by atoms with Gasteiger partial charge in [0, 0.05) is 26.2 Å². The van der Waals surface area contributed by atoms with Crippen molar-refractivity contribution in [1.29, 1.82) is 0 Å². The summed E-state index contributed by atoms with van der Waals surface area (Å²) in [6.07, 6.45) is 4.99. The van der Waals surface area contributed by atoms with Gasteiger partial charge in [0.05, 0.1) is 12.2 Å². The summed E-state index contributed by atoms with van der Waals surface area (Å²) in [6.45, 7) is 10.6. The van der Waals surface area contributed by atoms with Gasteiger partial charge in [-0.3, -0.25) is 0 Å². The molecule has 0 aromatic rings. The standard InChI is InChI=1S/C15H29NO2/c1-4-18-13-6-9-16(10-7-13)11-12-5-8-15(2,3)14(12)17/h12-14,17H,4-11H2,1-3H3. The molecular weight excluding hydrogens is 226 g/mol. The number of likely N-dealkylation sites (tertiary alicyclic amines) is 1. The molecule has 0 spiro atoms. The first-order chi connectivity index (χ1) is 8.53. The van der Waals surface area contributed by atoms with Gasteiger partial charge < -0.3 is 14.7 Å². The number of rotatable bonds is 4. The van der Waals surface area contributed by atoms with Gasteiger partial charge in [-0.1, -0.05) is 13.8 Å². The highest BCUT2D eigenvalue weighted by Crippen LogP contribution is 2.41. The lowest BCUT2D eigenvalue weighted by Crippen LogP contribution is -2.42. The number of aliphatic hydroxyl groups excluding tert-OH is 1. The third-order valence-corrected chi connectivity index (χ3v) is 4.84. The van der Waals surface area contributed by atoms with E-state index in [9.17, 15) is 5.11 Å². The minimum Gasteiger partial charge on any atom is -0.392 e. The number of hydrogen-bond acceptors (Lipinski definition) is 3. The highest BCUT2D eigenvalue weighted by Gasteiger charge is 2.41. The highest BCUT2D eigenvalue weighted by atomic mass is 16.5. The molecule has 0 bridgehead atoms. The van der Waals surface area contributed by atoms with Gasteiger partial charge >= 0.3 is 0 Å². The number of piperidine rings is 1. The first-order valence-electron chi connectivity index (χ1n) is 7.55. The average Bonchev–Trinajstić information content (AvgIpc) is 2.59. The molecule has 106 valence electrons. The second-order valence-electron chi connectivity index (χ2n) is 6.69. The fourth-order valence-electron chi connectivity index (χ4n) is 3.52. The molecular formula is C15H29NO2. The van der Waals surface area contributed by atoms with Crippen molar-refractivity contribution in [2.24, 2.45) is 11.3 Å². The fraction of sp³-hybridized carbons (Fsp3) is 1.00. The molecule has 1 saturated carbocycles. The van der Waals surface area contributed by atoms with E-state index in [1.165, 1.54) is 6.42 Å². The second-order valence-corrected chi connectivity index (χ2v) is 6.69. The normalized spacial score (nSPS) is 34.0. The van der Waals surface area contributed by atoms with Gasteiger partial charge in [0.25, 0.3) is 0 Å². The van der Waals surface area contributed by atoms with Crippen LogP contribution >= 0.6 is 0 Å². The van der Waals surface area contributed by atoms with Crippen molar-refractivity contribution in [2.45, 2.75) is 58.7 Å². The molecule has 1 aliphatic carbocycles. The van der Waals surface area contributed by atoms with Crippen LogP contribution in [0.25, 0.3) is 0 Å². The Hall–Kier alpha value is -0.120. The fourth-order valence-corrected chi connectivity index (χ4v) is 3.52. The monoisotopic (exact) mass is 255 g/mol. The van der Waals surface area contributed by atoms with Gasteiger partial charge in [-0.15, -0.1) is 0 Å². The lowest BCUT2D eigenvalue weighted by atomic mass is 9.87. The van der Waals surface area contributed by atoms with Gasteiger partial charge in [-0.2, -0.15) is 0 Å². The summed E-state index contributed by atoms with van der Waals surface area (Å²) in [7, 11) is 0. The maximum atomic E-state index is 10.3. The van der Waals surface area contributed by atoms with E-state index in [4.69, 9.17) is 4.74 Å². The minimum atomic E-state index is -0.123. The molecule has 1 aliphatic heterocycles. The zero-order valence-electron chi connectivity index (χ0n) is 12.2. The topological polar surface area (TPSA) is 32.7 Å². The van der Waals surface area contributed by atoms with Crippen LogP contribution in [0.1, 0.15) is 46.5 Å². The van der Waals surface area contributed by atoms with E-state index in [-0.39, 0.29) is 11.5 Å². The van der Waals surface area contributed by atoms with Crippen LogP contribution in [0, 0.1) is 11.3 Å². The molecule has 2 unspecified atom stereocenters. The third kappa shape index (κ3) is 3.25. The minimum absolute atomic E-state index is 0.119. The zero-order valence-corrected chi connectivity index (χ0v) is 12.2. The Labute approximate surface area is 112 Å². The number of nitrogens with zero attached hydrogens (tertiary/aromatic N) is 1. The third-order valence-electron chi connectivity index (χ3n) is 4.84. The number of hydrogen-bond donors (Lipinski definition) is 1. The molecule has 0 aromatic carbocycles. The molecule has 2 fully saturated rings. The van der Waals surface area contributed by atoms with Crippen molar-refractivity contribution in [3.8, 4) is 0 Å². The molecule has 0 amide bonds. The van der Waals surface area contributed by atoms with Crippen molar-refractivity contribution in [2.75, 3.05) is 26.2 Å². The Balaban J connectivity index is 1.75. The predicted octanol–water partition coefficient (Wildman–Crippen LogP) is 2.28. The van der Waals surface area contributed by atoms with E-state index in [0.29, 0.717) is 12.0 Å². The van der Waals surface area contributed by atoms with Crippen LogP contribution in [-0.2, 0) is 4.74 Å². The summed E-state index contributed by atoms with van der Waals surface area (Å²) >= 11 is 0. The van der Waals surface area contributed by atoms with Crippen molar-refractivity contribution in [3.05, 3.63) is 0 Å². The Morgan fingerprint density at radius 3 is 2.39 bits per heavy atom. The molecule has 1 heterocycles. The van der Waals surface area contributed by atoms with Crippen LogP contribution in [0.2, 0.25) is 0 Å². The number of aliphatic hydroxyl groups is 1. The molecule has 2 aliphatic rings. The first kappa shape index (κ1) is 14.3. The van der Waals surface area contributed by atoms with E-state index < -0.39 is 0 Å². The average molecular weight is 255 g/mol. The summed E-state index contributed by atoms with van der Waals surface area (Å²) in [5, 5.41) is 10.3. The SMILES string of the molecule is CCOC1CCN(CC2CCC(C)(C)C2O)CC1. The van der Waals surface area contributed by atoms with Crippen molar-refractivity contribution in [3.63, 3.8) is 0 Å². The van der Waals surface area contributed by atoms with Gasteiger partial charge in [-0.25, -0.2) is 0 Å². The Morgan fingerprint density at radius 1 is 1.22 bits per heavy atom. The van der Waals surface area contributed by atoms with Gasteiger partial charge in [-0.05, 0) is 43.9 Å². The quantitative estimate of drug-likeness (QED) is 0.836. The molecule has 18 heavy (non-hydrogen) atoms. The Kier molecular flexibility index (Phi) is 4.68. The summed E-state index contributed by atoms with van der Waals surface area (Å²) < 4.78 is 5.68. The lowest BCUT2D eigenvalue weighted by Gasteiger charge is -2.35. The van der Waals surface area contributed by atoms with Gasteiger partial charge in [0.15, 0.2) is 0 Å². The Morgan fingerprint density at radius 2 is 1.89 bits per heavy atom. The smallest absolute Gasteiger partial charge is 0.0631 e. The van der Waals surface area contributed by atoms with Crippen LogP contribution in [0.5, 0.6) is 0 Å². The van der Waals surface area contributed by atoms with E-state index in [1.54, 1.807) is 0 Å². The zero-order chi connectivity index (χ0) is 13.2. The van der Waals surface area contributed by atoms with Crippen LogP contribution in [0.15, 0.2) is 0 Å². The van der Waals surface area contributed by atoms with Crippen LogP contribution in [0.4, 0.5) is 0 Å². The number of ether oxygens (including phenoxy) is 1. The van der Waals surface area contributed by atoms with Crippen LogP contribution in [-0.4, -0.2) is 48.5 Å². The maximum absolute atomic E-state index is 10.3. The summed E-state index contributed by atoms with van der Waals surface area (Å²) in [5.41, 5.74) is 0.119. The maximum Gasteiger partial charge on any atom is 0.0631 e. The molecule has 1 N–H and O–H groups in total. The van der Waals surface area contributed by atoms with Gasteiger partial charge in [0.1, 0.15) is 0 Å². The van der Waals surface area contributed by atoms with E-state index in [1.807, 2.05) is 0 Å². The van der Waals surface area contributed by atoms with Crippen molar-refractivity contribution in [1.82, 2.24) is 4.90 Å². The lowest BCUT2D eigenvalue weighted by molar-refractivity contribution is -0.00329. The molecule has 0 aromatic heterocycles. The van der Waals surface area contributed by atoms with Gasteiger partial charge in [0.2, 0.25) is 0 Å². The van der Waals surface area contributed by atoms with Crippen molar-refractivity contribution >= 4 is 0 Å². The molecule has 3 heteroatoms. The van der Waals surface area contributed by atoms with Crippen LogP contribution < -0.4 is 0 Å². The molecule has 1 saturated heterocycles. The van der Waals surface area contributed by atoms with Crippen molar-refractivity contribution < 1.29 is 9.84 Å². The highest BCUT2D eigenvalue weighted by molar-refractivity contribution is 4.92. The molecule has 3 nitrogen and oxygen atoms in total. The largest absolute Gasteiger partial charge is 0.392 e.